The summed E-state index contributed by atoms with van der Waals surface area (Å²) in [6.07, 6.45) is -1.31. The molecular weight excluding hydrogens is 449 g/mol. The second kappa shape index (κ2) is 7.57. The number of alkyl halides is 3. The average Bonchev–Trinajstić information content (AvgIpc) is 3.60. The zero-order valence-corrected chi connectivity index (χ0v) is 17.8. The maximum absolute atomic E-state index is 13.3. The van der Waals surface area contributed by atoms with Crippen LogP contribution in [-0.4, -0.2) is 57.0 Å². The Kier molecular flexibility index (Phi) is 4.61. The van der Waals surface area contributed by atoms with Crippen LogP contribution < -0.4 is 4.90 Å². The summed E-state index contributed by atoms with van der Waals surface area (Å²) in [5.41, 5.74) is 0.914. The van der Waals surface area contributed by atoms with E-state index in [0.29, 0.717) is 49.0 Å². The number of rotatable bonds is 3. The first-order valence-electron chi connectivity index (χ1n) is 10.8. The van der Waals surface area contributed by atoms with Crippen LogP contribution in [0.2, 0.25) is 0 Å². The largest absolute Gasteiger partial charge is 0.423 e. The summed E-state index contributed by atoms with van der Waals surface area (Å²) >= 11 is 0. The van der Waals surface area contributed by atoms with E-state index in [2.05, 4.69) is 15.2 Å². The van der Waals surface area contributed by atoms with Gasteiger partial charge in [0.25, 0.3) is 11.9 Å². The number of nitrogens with zero attached hydrogens (tertiary/aromatic N) is 6. The van der Waals surface area contributed by atoms with Gasteiger partial charge in [-0.15, -0.1) is 0 Å². The van der Waals surface area contributed by atoms with Crippen molar-refractivity contribution in [3.8, 4) is 5.69 Å². The van der Waals surface area contributed by atoms with Crippen LogP contribution in [0.3, 0.4) is 0 Å². The molecule has 2 unspecified atom stereocenters. The summed E-state index contributed by atoms with van der Waals surface area (Å²) in [7, 11) is 0. The zero-order valence-electron chi connectivity index (χ0n) is 17.8. The lowest BCUT2D eigenvalue weighted by molar-refractivity contribution is -0.137. The summed E-state index contributed by atoms with van der Waals surface area (Å²) in [5.74, 6) is 0.370. The molecule has 0 N–H and O–H groups in total. The first-order valence-corrected chi connectivity index (χ1v) is 10.8. The minimum Gasteiger partial charge on any atom is -0.423 e. The molecular formula is C23H19F3N6O2. The van der Waals surface area contributed by atoms with Crippen molar-refractivity contribution in [2.75, 3.05) is 31.1 Å². The van der Waals surface area contributed by atoms with Crippen molar-refractivity contribution < 1.29 is 22.4 Å². The molecule has 2 aromatic carbocycles. The summed E-state index contributed by atoms with van der Waals surface area (Å²) in [6, 6.07) is 10.9. The molecule has 0 radical (unpaired) electrons. The molecule has 0 saturated carbocycles. The fraction of sp³-hybridized carbons (Fsp3) is 0.304. The van der Waals surface area contributed by atoms with Crippen molar-refractivity contribution in [1.82, 2.24) is 24.9 Å². The van der Waals surface area contributed by atoms with Gasteiger partial charge in [-0.3, -0.25) is 4.79 Å². The fourth-order valence-corrected chi connectivity index (χ4v) is 4.88. The Labute approximate surface area is 191 Å². The molecule has 2 aromatic heterocycles. The first-order chi connectivity index (χ1) is 16.4. The number of para-hydroxylation sites is 1. The average molecular weight is 468 g/mol. The van der Waals surface area contributed by atoms with Gasteiger partial charge >= 0.3 is 6.18 Å². The van der Waals surface area contributed by atoms with E-state index in [1.807, 2.05) is 28.0 Å². The van der Waals surface area contributed by atoms with Gasteiger partial charge in [-0.2, -0.15) is 33.1 Å². The number of carbonyl (C=O) groups excluding carboxylic acids is 1. The van der Waals surface area contributed by atoms with Gasteiger partial charge in [-0.05, 0) is 30.3 Å². The number of amides is 1. The second-order valence-corrected chi connectivity index (χ2v) is 8.65. The van der Waals surface area contributed by atoms with Crippen molar-refractivity contribution in [3.63, 3.8) is 0 Å². The summed E-state index contributed by atoms with van der Waals surface area (Å²) in [6.45, 7) is 2.41. The van der Waals surface area contributed by atoms with Gasteiger partial charge in [0.05, 0.1) is 29.2 Å². The number of benzene rings is 2. The third-order valence-corrected chi connectivity index (χ3v) is 6.52. The van der Waals surface area contributed by atoms with Crippen LogP contribution in [0.15, 0.2) is 59.3 Å². The van der Waals surface area contributed by atoms with E-state index in [0.717, 1.165) is 12.1 Å². The van der Waals surface area contributed by atoms with Crippen molar-refractivity contribution in [3.05, 3.63) is 66.0 Å². The number of likely N-dealkylation sites (tertiary alicyclic amines) is 1. The van der Waals surface area contributed by atoms with E-state index in [1.54, 1.807) is 18.5 Å². The standard InChI is InChI=1S/C23H19F3N6O2/c24-23(25,26)16-5-6-20-18(9-16)29-22(34-20)31-12-14-10-30(11-15(14)13-31)21(33)17-3-1-2-4-19(17)32-27-7-8-28-32/h1-9,14-15H,10-13H2. The molecule has 2 aliphatic rings. The van der Waals surface area contributed by atoms with Crippen molar-refractivity contribution in [2.24, 2.45) is 11.8 Å². The van der Waals surface area contributed by atoms with E-state index in [9.17, 15) is 18.0 Å². The van der Waals surface area contributed by atoms with Gasteiger partial charge in [-0.25, -0.2) is 0 Å². The predicted molar refractivity (Wildman–Crippen MR) is 115 cm³/mol. The lowest BCUT2D eigenvalue weighted by Crippen LogP contribution is -2.34. The van der Waals surface area contributed by atoms with Crippen molar-refractivity contribution in [2.45, 2.75) is 6.18 Å². The Morgan fingerprint density at radius 3 is 2.38 bits per heavy atom. The summed E-state index contributed by atoms with van der Waals surface area (Å²) in [4.78, 5) is 22.8. The zero-order chi connectivity index (χ0) is 23.4. The Bertz CT molecular complexity index is 1350. The molecule has 0 bridgehead atoms. The van der Waals surface area contributed by atoms with Gasteiger partial charge in [0, 0.05) is 38.0 Å². The number of fused-ring (bicyclic) bond motifs is 2. The molecule has 1 amide bonds. The summed E-state index contributed by atoms with van der Waals surface area (Å²) < 4.78 is 44.7. The van der Waals surface area contributed by atoms with E-state index in [4.69, 9.17) is 4.42 Å². The summed E-state index contributed by atoms with van der Waals surface area (Å²) in [5, 5.41) is 8.28. The molecule has 2 fully saturated rings. The topological polar surface area (TPSA) is 80.3 Å². The molecule has 174 valence electrons. The van der Waals surface area contributed by atoms with Crippen molar-refractivity contribution >= 4 is 23.0 Å². The molecule has 2 saturated heterocycles. The number of hydrogen-bond donors (Lipinski definition) is 0. The van der Waals surface area contributed by atoms with Crippen LogP contribution in [0.1, 0.15) is 15.9 Å². The number of aromatic nitrogens is 4. The molecule has 11 heteroatoms. The van der Waals surface area contributed by atoms with Crippen LogP contribution in [0.4, 0.5) is 19.2 Å². The third kappa shape index (κ3) is 3.47. The SMILES string of the molecule is O=C(c1ccccc1-n1nccn1)N1CC2CN(c3nc4cc(C(F)(F)F)ccc4o3)CC2C1. The number of oxazole rings is 1. The van der Waals surface area contributed by atoms with E-state index >= 15 is 0 Å². The second-order valence-electron chi connectivity index (χ2n) is 8.65. The van der Waals surface area contributed by atoms with Crippen molar-refractivity contribution in [1.29, 1.82) is 0 Å². The van der Waals surface area contributed by atoms with E-state index in [-0.39, 0.29) is 23.3 Å². The van der Waals surface area contributed by atoms with E-state index in [1.165, 1.54) is 10.9 Å². The quantitative estimate of drug-likeness (QED) is 0.457. The molecule has 34 heavy (non-hydrogen) atoms. The number of anilines is 1. The number of halogens is 3. The molecule has 0 spiro atoms. The van der Waals surface area contributed by atoms with Crippen LogP contribution >= 0.6 is 0 Å². The molecule has 4 aromatic rings. The minimum absolute atomic E-state index is 0.0737. The Balaban J connectivity index is 1.17. The minimum atomic E-state index is -4.43. The number of carbonyl (C=O) groups is 1. The molecule has 2 aliphatic heterocycles. The Morgan fingerprint density at radius 1 is 0.971 bits per heavy atom. The Morgan fingerprint density at radius 2 is 1.68 bits per heavy atom. The van der Waals surface area contributed by atoms with Crippen LogP contribution in [0, 0.1) is 11.8 Å². The highest BCUT2D eigenvalue weighted by molar-refractivity contribution is 5.98. The van der Waals surface area contributed by atoms with Gasteiger partial charge in [0.1, 0.15) is 5.52 Å². The lowest BCUT2D eigenvalue weighted by atomic mass is 10.0. The fourth-order valence-electron chi connectivity index (χ4n) is 4.88. The van der Waals surface area contributed by atoms with Gasteiger partial charge in [0.15, 0.2) is 5.58 Å². The smallest absolute Gasteiger partial charge is 0.416 e. The highest BCUT2D eigenvalue weighted by atomic mass is 19.4. The third-order valence-electron chi connectivity index (χ3n) is 6.52. The van der Waals surface area contributed by atoms with Gasteiger partial charge in [0.2, 0.25) is 0 Å². The highest BCUT2D eigenvalue weighted by Gasteiger charge is 2.43. The molecule has 6 rings (SSSR count). The Hall–Kier alpha value is -3.89. The van der Waals surface area contributed by atoms with Crippen LogP contribution in [0.25, 0.3) is 16.8 Å². The van der Waals surface area contributed by atoms with Gasteiger partial charge < -0.3 is 14.2 Å². The molecule has 4 heterocycles. The molecule has 2 atom stereocenters. The monoisotopic (exact) mass is 468 g/mol. The predicted octanol–water partition coefficient (Wildman–Crippen LogP) is 3.64. The maximum Gasteiger partial charge on any atom is 0.416 e. The normalized spacial score (nSPS) is 20.3. The lowest BCUT2D eigenvalue weighted by Gasteiger charge is -2.21. The molecule has 8 nitrogen and oxygen atoms in total. The first kappa shape index (κ1) is 20.7. The van der Waals surface area contributed by atoms with Gasteiger partial charge in [-0.1, -0.05) is 12.1 Å². The van der Waals surface area contributed by atoms with Crippen LogP contribution in [-0.2, 0) is 6.18 Å². The van der Waals surface area contributed by atoms with E-state index < -0.39 is 11.7 Å². The highest BCUT2D eigenvalue weighted by Crippen LogP contribution is 2.37. The maximum atomic E-state index is 13.3. The molecule has 0 aliphatic carbocycles. The number of hydrogen-bond acceptors (Lipinski definition) is 6. The van der Waals surface area contributed by atoms with Crippen LogP contribution in [0.5, 0.6) is 0 Å².